The Kier molecular flexibility index (Phi) is 10.2. The molecule has 1 aromatic rings. The topological polar surface area (TPSA) is 50.9 Å². The highest BCUT2D eigenvalue weighted by Crippen LogP contribution is 2.14. The van der Waals surface area contributed by atoms with E-state index in [2.05, 4.69) is 25.8 Å². The molecule has 0 aromatic heterocycles. The van der Waals surface area contributed by atoms with Crippen molar-refractivity contribution in [2.75, 3.05) is 19.7 Å². The molecule has 2 N–H and O–H groups in total. The van der Waals surface area contributed by atoms with Gasteiger partial charge >= 0.3 is 0 Å². The average molecular weight is 391 g/mol. The monoisotopic (exact) mass is 391 g/mol. The van der Waals surface area contributed by atoms with Crippen LogP contribution in [0.2, 0.25) is 0 Å². The van der Waals surface area contributed by atoms with Crippen molar-refractivity contribution in [2.24, 2.45) is 10.7 Å². The Labute approximate surface area is 139 Å². The molecule has 114 valence electrons. The van der Waals surface area contributed by atoms with Crippen molar-refractivity contribution in [3.05, 3.63) is 29.8 Å². The molecule has 0 saturated heterocycles. The summed E-state index contributed by atoms with van der Waals surface area (Å²) in [5.74, 6) is 1.50. The van der Waals surface area contributed by atoms with Crippen molar-refractivity contribution in [1.29, 1.82) is 0 Å². The molecule has 0 unspecified atom stereocenters. The predicted molar refractivity (Wildman–Crippen MR) is 95.9 cm³/mol. The van der Waals surface area contributed by atoms with E-state index >= 15 is 0 Å². The molecule has 0 saturated carbocycles. The maximum Gasteiger partial charge on any atom is 0.191 e. The summed E-state index contributed by atoms with van der Waals surface area (Å²) in [6, 6.07) is 8.02. The van der Waals surface area contributed by atoms with Crippen molar-refractivity contribution in [1.82, 2.24) is 4.90 Å². The van der Waals surface area contributed by atoms with Gasteiger partial charge in [0.25, 0.3) is 0 Å². The summed E-state index contributed by atoms with van der Waals surface area (Å²) < 4.78 is 5.60. The highest BCUT2D eigenvalue weighted by molar-refractivity contribution is 14.0. The van der Waals surface area contributed by atoms with Gasteiger partial charge in [0.15, 0.2) is 5.96 Å². The van der Waals surface area contributed by atoms with Crippen molar-refractivity contribution in [2.45, 2.75) is 33.7 Å². The Morgan fingerprint density at radius 1 is 1.25 bits per heavy atom. The Morgan fingerprint density at radius 2 is 1.95 bits per heavy atom. The van der Waals surface area contributed by atoms with Gasteiger partial charge in [-0.1, -0.05) is 19.1 Å². The van der Waals surface area contributed by atoms with E-state index in [9.17, 15) is 0 Å². The van der Waals surface area contributed by atoms with Gasteiger partial charge in [-0.25, -0.2) is 4.99 Å². The highest BCUT2D eigenvalue weighted by atomic mass is 127. The maximum absolute atomic E-state index is 5.95. The van der Waals surface area contributed by atoms with Gasteiger partial charge in [-0.05, 0) is 38.0 Å². The zero-order chi connectivity index (χ0) is 14.1. The number of aliphatic imine (C=N–C) groups is 1. The van der Waals surface area contributed by atoms with Crippen LogP contribution in [0.3, 0.4) is 0 Å². The van der Waals surface area contributed by atoms with E-state index in [0.717, 1.165) is 37.4 Å². The third kappa shape index (κ3) is 6.45. The number of hydrogen-bond donors (Lipinski definition) is 1. The second-order valence-corrected chi connectivity index (χ2v) is 4.34. The van der Waals surface area contributed by atoms with Gasteiger partial charge < -0.3 is 15.4 Å². The first-order chi connectivity index (χ1) is 9.21. The minimum Gasteiger partial charge on any atom is -0.494 e. The van der Waals surface area contributed by atoms with Crippen LogP contribution in [-0.4, -0.2) is 30.6 Å². The molecule has 0 aliphatic rings. The van der Waals surface area contributed by atoms with Crippen molar-refractivity contribution >= 4 is 29.9 Å². The molecule has 5 heteroatoms. The molecule has 0 heterocycles. The van der Waals surface area contributed by atoms with Gasteiger partial charge in [0.1, 0.15) is 5.75 Å². The van der Waals surface area contributed by atoms with E-state index in [1.165, 1.54) is 0 Å². The molecule has 20 heavy (non-hydrogen) atoms. The van der Waals surface area contributed by atoms with E-state index < -0.39 is 0 Å². The number of halogens is 1. The number of ether oxygens (including phenoxy) is 1. The number of nitrogens with zero attached hydrogens (tertiary/aromatic N) is 2. The molecule has 4 nitrogen and oxygen atoms in total. The highest BCUT2D eigenvalue weighted by Gasteiger charge is 2.02. The van der Waals surface area contributed by atoms with Gasteiger partial charge in [0, 0.05) is 13.1 Å². The second kappa shape index (κ2) is 10.8. The van der Waals surface area contributed by atoms with E-state index in [-0.39, 0.29) is 24.0 Å². The summed E-state index contributed by atoms with van der Waals surface area (Å²) in [6.45, 7) is 9.34. The Balaban J connectivity index is 0.00000361. The fraction of sp³-hybridized carbons (Fsp3) is 0.533. The third-order valence-corrected chi connectivity index (χ3v) is 2.88. The van der Waals surface area contributed by atoms with Crippen LogP contribution in [0.5, 0.6) is 5.75 Å². The smallest absolute Gasteiger partial charge is 0.191 e. The molecule has 0 atom stereocenters. The lowest BCUT2D eigenvalue weighted by atomic mass is 10.2. The van der Waals surface area contributed by atoms with Gasteiger partial charge in [-0.15, -0.1) is 24.0 Å². The van der Waals surface area contributed by atoms with Gasteiger partial charge in [-0.2, -0.15) is 0 Å². The summed E-state index contributed by atoms with van der Waals surface area (Å²) in [7, 11) is 0. The summed E-state index contributed by atoms with van der Waals surface area (Å²) in [4.78, 5) is 6.46. The molecule has 0 aliphatic carbocycles. The van der Waals surface area contributed by atoms with Crippen molar-refractivity contribution < 1.29 is 4.74 Å². The molecule has 0 spiro atoms. The molecule has 1 rings (SSSR count). The first-order valence-electron chi connectivity index (χ1n) is 6.97. The number of guanidine groups is 1. The SMILES string of the molecule is CCCOc1cccc(CN=C(N)N(CC)CC)c1.I. The van der Waals surface area contributed by atoms with Crippen molar-refractivity contribution in [3.8, 4) is 5.75 Å². The summed E-state index contributed by atoms with van der Waals surface area (Å²) >= 11 is 0. The van der Waals surface area contributed by atoms with Crippen LogP contribution >= 0.6 is 24.0 Å². The van der Waals surface area contributed by atoms with Crippen molar-refractivity contribution in [3.63, 3.8) is 0 Å². The summed E-state index contributed by atoms with van der Waals surface area (Å²) in [6.07, 6.45) is 1.01. The molecule has 0 amide bonds. The number of nitrogens with two attached hydrogens (primary N) is 1. The van der Waals surface area contributed by atoms with Crippen LogP contribution < -0.4 is 10.5 Å². The Morgan fingerprint density at radius 3 is 2.55 bits per heavy atom. The second-order valence-electron chi connectivity index (χ2n) is 4.34. The molecule has 0 aliphatic heterocycles. The van der Waals surface area contributed by atoms with Gasteiger partial charge in [-0.3, -0.25) is 0 Å². The van der Waals surface area contributed by atoms with Crippen LogP contribution in [0.4, 0.5) is 0 Å². The molecule has 0 fully saturated rings. The van der Waals surface area contributed by atoms with E-state index in [1.807, 2.05) is 29.2 Å². The number of benzene rings is 1. The van der Waals surface area contributed by atoms with E-state index in [4.69, 9.17) is 10.5 Å². The zero-order valence-electron chi connectivity index (χ0n) is 12.6. The zero-order valence-corrected chi connectivity index (χ0v) is 15.0. The molecule has 0 radical (unpaired) electrons. The lowest BCUT2D eigenvalue weighted by Crippen LogP contribution is -2.37. The molecular weight excluding hydrogens is 365 g/mol. The van der Waals surface area contributed by atoms with E-state index in [1.54, 1.807) is 0 Å². The van der Waals surface area contributed by atoms with E-state index in [0.29, 0.717) is 12.5 Å². The van der Waals surface area contributed by atoms with Gasteiger partial charge in [0.05, 0.1) is 13.2 Å². The maximum atomic E-state index is 5.95. The van der Waals surface area contributed by atoms with Crippen LogP contribution in [0.25, 0.3) is 0 Å². The molecule has 0 bridgehead atoms. The van der Waals surface area contributed by atoms with Gasteiger partial charge in [0.2, 0.25) is 0 Å². The third-order valence-electron chi connectivity index (χ3n) is 2.88. The Bertz CT molecular complexity index is 406. The van der Waals surface area contributed by atoms with Crippen LogP contribution in [0.15, 0.2) is 29.3 Å². The largest absolute Gasteiger partial charge is 0.494 e. The predicted octanol–water partition coefficient (Wildman–Crippen LogP) is 3.25. The normalized spacial score (nSPS) is 10.8. The minimum absolute atomic E-state index is 0. The van der Waals surface area contributed by atoms with Crippen LogP contribution in [-0.2, 0) is 6.54 Å². The molecular formula is C15H26IN3O. The number of hydrogen-bond acceptors (Lipinski definition) is 2. The lowest BCUT2D eigenvalue weighted by molar-refractivity contribution is 0.317. The fourth-order valence-electron chi connectivity index (χ4n) is 1.77. The summed E-state index contributed by atoms with van der Waals surface area (Å²) in [5.41, 5.74) is 7.06. The van der Waals surface area contributed by atoms with Crippen LogP contribution in [0.1, 0.15) is 32.8 Å². The fourth-order valence-corrected chi connectivity index (χ4v) is 1.77. The first-order valence-corrected chi connectivity index (χ1v) is 6.97. The summed E-state index contributed by atoms with van der Waals surface area (Å²) in [5, 5.41) is 0. The quantitative estimate of drug-likeness (QED) is 0.441. The standard InChI is InChI=1S/C15H25N3O.HI/c1-4-10-19-14-9-7-8-13(11-14)12-17-15(16)18(5-2)6-3;/h7-9,11H,4-6,10,12H2,1-3H3,(H2,16,17);1H. The number of rotatable bonds is 7. The minimum atomic E-state index is 0. The first kappa shape index (κ1) is 19.0. The van der Waals surface area contributed by atoms with Crippen LogP contribution in [0, 0.1) is 0 Å². The Hall–Kier alpha value is -0.980. The molecule has 1 aromatic carbocycles. The average Bonchev–Trinajstić information content (AvgIpc) is 2.44. The lowest BCUT2D eigenvalue weighted by Gasteiger charge is -2.19.